The SMILES string of the molecule is CCC[C@H](NC(=O)[C@@H]1C[C@]2(C=C(c3cc(Cl)c4c(c3)OCCN4C)NO2)CN1C(=O)[C@@H](NC(=O)CC1CCCCC1)C(C)(C)C)C(=O)C(=O)NC1CC1. The van der Waals surface area contributed by atoms with E-state index in [-0.39, 0.29) is 37.3 Å². The molecule has 290 valence electrons. The third-order valence-corrected chi connectivity index (χ3v) is 11.4. The highest BCUT2D eigenvalue weighted by molar-refractivity contribution is 6.38. The maximum atomic E-state index is 14.7. The molecule has 53 heavy (non-hydrogen) atoms. The molecule has 4 amide bonds. The molecule has 0 aromatic heterocycles. The van der Waals surface area contributed by atoms with Crippen LogP contribution in [0.25, 0.3) is 5.70 Å². The molecule has 1 aromatic carbocycles. The van der Waals surface area contributed by atoms with E-state index in [4.69, 9.17) is 21.2 Å². The number of anilines is 1. The summed E-state index contributed by atoms with van der Waals surface area (Å²) in [6.45, 7) is 8.75. The zero-order valence-corrected chi connectivity index (χ0v) is 32.4. The van der Waals surface area contributed by atoms with Crippen LogP contribution in [-0.4, -0.2) is 90.8 Å². The van der Waals surface area contributed by atoms with Crippen LogP contribution in [-0.2, 0) is 28.8 Å². The monoisotopic (exact) mass is 754 g/mol. The van der Waals surface area contributed by atoms with E-state index in [2.05, 4.69) is 21.4 Å². The smallest absolute Gasteiger partial charge is 0.289 e. The molecule has 0 radical (unpaired) electrons. The maximum Gasteiger partial charge on any atom is 0.289 e. The number of ether oxygens (including phenoxy) is 1. The lowest BCUT2D eigenvalue weighted by atomic mass is 9.84. The van der Waals surface area contributed by atoms with E-state index in [1.807, 2.05) is 57.9 Å². The van der Waals surface area contributed by atoms with Crippen molar-refractivity contribution in [2.75, 3.05) is 31.6 Å². The van der Waals surface area contributed by atoms with Crippen LogP contribution in [0.15, 0.2) is 18.2 Å². The fraction of sp³-hybridized carbons (Fsp3) is 0.667. The van der Waals surface area contributed by atoms with Gasteiger partial charge in [0.25, 0.3) is 5.91 Å². The number of ketones is 1. The first-order chi connectivity index (χ1) is 25.2. The molecule has 5 aliphatic rings. The molecular weight excluding hydrogens is 700 g/mol. The minimum Gasteiger partial charge on any atom is -0.489 e. The summed E-state index contributed by atoms with van der Waals surface area (Å²) in [5.41, 5.74) is 3.30. The number of benzene rings is 1. The number of hydrogen-bond donors (Lipinski definition) is 4. The predicted molar refractivity (Wildman–Crippen MR) is 201 cm³/mol. The van der Waals surface area contributed by atoms with Crippen molar-refractivity contribution in [3.05, 3.63) is 28.8 Å². The third kappa shape index (κ3) is 8.94. The molecule has 0 unspecified atom stereocenters. The van der Waals surface area contributed by atoms with Gasteiger partial charge in [0.05, 0.1) is 35.5 Å². The average Bonchev–Trinajstić information content (AvgIpc) is 3.70. The van der Waals surface area contributed by atoms with E-state index in [1.165, 1.54) is 11.3 Å². The standard InChI is InChI=1S/C39H55ClN6O7/c1-6-10-27(33(48)36(50)41-25-13-14-25)42-35(49)29-21-39(20-28(44-53-39)24-18-26(40)32-30(19-24)52-16-15-45(32)5)22-46(29)37(51)34(38(2,3)4)43-31(47)17-23-11-8-7-9-12-23/h18-20,23,25,27,29,34,44H,6-17,21-22H2,1-5H3,(H,41,50)(H,42,49)(H,43,47)/t27-,29-,34+,39+/m0/s1. The van der Waals surface area contributed by atoms with Crippen LogP contribution in [0.3, 0.4) is 0 Å². The number of nitrogens with one attached hydrogen (secondary N) is 4. The lowest BCUT2D eigenvalue weighted by Crippen LogP contribution is -2.59. The Balaban J connectivity index is 1.28. The van der Waals surface area contributed by atoms with Crippen molar-refractivity contribution in [3.63, 3.8) is 0 Å². The topological polar surface area (TPSA) is 158 Å². The molecule has 3 aliphatic heterocycles. The minimum atomic E-state index is -1.13. The van der Waals surface area contributed by atoms with Gasteiger partial charge in [-0.2, -0.15) is 0 Å². The van der Waals surface area contributed by atoms with Gasteiger partial charge in [-0.3, -0.25) is 34.3 Å². The zero-order chi connectivity index (χ0) is 38.1. The summed E-state index contributed by atoms with van der Waals surface area (Å²) >= 11 is 6.72. The van der Waals surface area contributed by atoms with Gasteiger partial charge in [-0.05, 0) is 61.6 Å². The molecule has 2 aliphatic carbocycles. The first-order valence-corrected chi connectivity index (χ1v) is 19.7. The summed E-state index contributed by atoms with van der Waals surface area (Å²) in [6, 6.07) is 0.624. The minimum absolute atomic E-state index is 0.00202. The number of fused-ring (bicyclic) bond motifs is 1. The van der Waals surface area contributed by atoms with Gasteiger partial charge in [-0.15, -0.1) is 0 Å². The molecular formula is C39H55ClN6O7. The summed E-state index contributed by atoms with van der Waals surface area (Å²) in [6.07, 6.45) is 10.1. The van der Waals surface area contributed by atoms with E-state index in [9.17, 15) is 24.0 Å². The number of likely N-dealkylation sites (tertiary alicyclic amines) is 1. The number of carbonyl (C=O) groups excluding carboxylic acids is 5. The average molecular weight is 755 g/mol. The summed E-state index contributed by atoms with van der Waals surface area (Å²) in [5, 5.41) is 9.10. The first-order valence-electron chi connectivity index (χ1n) is 19.3. The van der Waals surface area contributed by atoms with Crippen LogP contribution in [0, 0.1) is 11.3 Å². The van der Waals surface area contributed by atoms with Crippen LogP contribution in [0.2, 0.25) is 5.02 Å². The van der Waals surface area contributed by atoms with Crippen molar-refractivity contribution >= 4 is 52.4 Å². The highest BCUT2D eigenvalue weighted by Gasteiger charge is 2.54. The van der Waals surface area contributed by atoms with E-state index < -0.39 is 52.6 Å². The van der Waals surface area contributed by atoms with Gasteiger partial charge in [-0.1, -0.05) is 65.0 Å². The molecule has 1 saturated heterocycles. The second-order valence-electron chi connectivity index (χ2n) is 16.6. The van der Waals surface area contributed by atoms with Gasteiger partial charge in [-0.25, -0.2) is 0 Å². The number of rotatable bonds is 12. The molecule has 1 aromatic rings. The molecule has 13 nitrogen and oxygen atoms in total. The fourth-order valence-corrected chi connectivity index (χ4v) is 8.29. The van der Waals surface area contributed by atoms with Crippen molar-refractivity contribution in [2.45, 2.75) is 128 Å². The van der Waals surface area contributed by atoms with Crippen molar-refractivity contribution in [1.82, 2.24) is 26.3 Å². The molecule has 14 heteroatoms. The number of nitrogens with zero attached hydrogens (tertiary/aromatic N) is 2. The van der Waals surface area contributed by atoms with Crippen molar-refractivity contribution in [2.24, 2.45) is 11.3 Å². The van der Waals surface area contributed by atoms with Gasteiger partial charge in [0.15, 0.2) is 0 Å². The van der Waals surface area contributed by atoms with E-state index in [0.717, 1.165) is 44.2 Å². The molecule has 4 N–H and O–H groups in total. The Hall–Kier alpha value is -3.84. The predicted octanol–water partition coefficient (Wildman–Crippen LogP) is 4.02. The quantitative estimate of drug-likeness (QED) is 0.232. The molecule has 3 heterocycles. The molecule has 6 rings (SSSR count). The number of likely N-dealkylation sites (N-methyl/N-ethyl adjacent to an activating group) is 1. The highest BCUT2D eigenvalue weighted by Crippen LogP contribution is 2.43. The van der Waals surface area contributed by atoms with E-state index >= 15 is 0 Å². The normalized spacial score (nSPS) is 24.0. The lowest BCUT2D eigenvalue weighted by molar-refractivity contribution is -0.145. The van der Waals surface area contributed by atoms with Gasteiger partial charge in [0.2, 0.25) is 23.5 Å². The molecule has 1 spiro atoms. The van der Waals surface area contributed by atoms with E-state index in [0.29, 0.717) is 48.0 Å². The lowest BCUT2D eigenvalue weighted by Gasteiger charge is -2.36. The molecule has 2 saturated carbocycles. The number of hydroxylamine groups is 1. The van der Waals surface area contributed by atoms with Crippen LogP contribution in [0.4, 0.5) is 5.69 Å². The first kappa shape index (κ1) is 38.9. The Kier molecular flexibility index (Phi) is 11.6. The number of amides is 4. The van der Waals surface area contributed by atoms with Crippen LogP contribution < -0.4 is 31.1 Å². The number of Topliss-reactive ketones (excluding diaryl/α,β-unsaturated/α-hetero) is 1. The Morgan fingerprint density at radius 2 is 1.79 bits per heavy atom. The summed E-state index contributed by atoms with van der Waals surface area (Å²) in [5.74, 6) is -1.68. The Labute approximate surface area is 317 Å². The Bertz CT molecular complexity index is 1630. The van der Waals surface area contributed by atoms with Gasteiger partial charge in [0.1, 0.15) is 30.0 Å². The highest BCUT2D eigenvalue weighted by atomic mass is 35.5. The van der Waals surface area contributed by atoms with Gasteiger partial charge < -0.3 is 30.5 Å². The zero-order valence-electron chi connectivity index (χ0n) is 31.6. The molecule has 4 atom stereocenters. The van der Waals surface area contributed by atoms with Crippen molar-refractivity contribution < 1.29 is 33.5 Å². The summed E-state index contributed by atoms with van der Waals surface area (Å²) < 4.78 is 5.93. The van der Waals surface area contributed by atoms with Crippen molar-refractivity contribution in [3.8, 4) is 5.75 Å². The number of carbonyl (C=O) groups is 5. The fourth-order valence-electron chi connectivity index (χ4n) is 7.94. The summed E-state index contributed by atoms with van der Waals surface area (Å²) in [7, 11) is 1.95. The van der Waals surface area contributed by atoms with Gasteiger partial charge in [0, 0.05) is 31.5 Å². The largest absolute Gasteiger partial charge is 0.489 e. The summed E-state index contributed by atoms with van der Waals surface area (Å²) in [4.78, 5) is 78.2. The van der Waals surface area contributed by atoms with E-state index in [1.54, 1.807) is 0 Å². The van der Waals surface area contributed by atoms with Crippen LogP contribution in [0.1, 0.15) is 104 Å². The second-order valence-corrected chi connectivity index (χ2v) is 17.0. The van der Waals surface area contributed by atoms with Gasteiger partial charge >= 0.3 is 0 Å². The Morgan fingerprint density at radius 3 is 2.47 bits per heavy atom. The van der Waals surface area contributed by atoms with Crippen LogP contribution in [0.5, 0.6) is 5.75 Å². The molecule has 0 bridgehead atoms. The van der Waals surface area contributed by atoms with Crippen molar-refractivity contribution in [1.29, 1.82) is 0 Å². The number of halogens is 1. The molecule has 3 fully saturated rings. The number of hydrogen-bond acceptors (Lipinski definition) is 9. The second kappa shape index (κ2) is 15.9. The Morgan fingerprint density at radius 1 is 1.06 bits per heavy atom. The maximum absolute atomic E-state index is 14.7. The van der Waals surface area contributed by atoms with Crippen LogP contribution >= 0.6 is 11.6 Å². The third-order valence-electron chi connectivity index (χ3n) is 11.1.